The second kappa shape index (κ2) is 21.4. The lowest BCUT2D eigenvalue weighted by atomic mass is 9.73. The van der Waals surface area contributed by atoms with E-state index in [4.69, 9.17) is 9.47 Å². The lowest BCUT2D eigenvalue weighted by Crippen LogP contribution is -2.32. The quantitative estimate of drug-likeness (QED) is 0.0303. The number of aliphatic carboxylic acids is 1. The third-order valence-electron chi connectivity index (χ3n) is 13.2. The summed E-state index contributed by atoms with van der Waals surface area (Å²) >= 11 is 0. The molecular formula is C49H58N2O14S3-2. The number of allylic oxidation sites excluding steroid dienone is 4. The maximum absolute atomic E-state index is 13.2. The number of ether oxygens (including phenoxy) is 2. The Morgan fingerprint density at radius 2 is 1.35 bits per heavy atom. The molecule has 0 fully saturated rings. The first-order valence-electron chi connectivity index (χ1n) is 22.5. The number of unbranched alkanes of at least 4 members (excludes halogenated alkanes) is 2. The van der Waals surface area contributed by atoms with Crippen LogP contribution in [-0.2, 0) is 55.5 Å². The van der Waals surface area contributed by atoms with Crippen LogP contribution in [0.1, 0.15) is 99.5 Å². The van der Waals surface area contributed by atoms with Gasteiger partial charge in [-0.2, -0.15) is 4.58 Å². The molecule has 19 heteroatoms. The predicted molar refractivity (Wildman–Crippen MR) is 256 cm³/mol. The van der Waals surface area contributed by atoms with Crippen LogP contribution < -0.4 is 4.90 Å². The van der Waals surface area contributed by atoms with Gasteiger partial charge in [-0.3, -0.25) is 9.59 Å². The molecule has 16 nitrogen and oxygen atoms in total. The van der Waals surface area contributed by atoms with Gasteiger partial charge in [-0.25, -0.2) is 25.3 Å². The number of Topliss-reactive ketones (excluding diaryl/α,β-unsaturated/α-hetero) is 1. The predicted octanol–water partition coefficient (Wildman–Crippen LogP) is 7.02. The highest BCUT2D eigenvalue weighted by molar-refractivity contribution is 7.86. The fourth-order valence-electron chi connectivity index (χ4n) is 10.1. The largest absolute Gasteiger partial charge is 0.748 e. The molecule has 0 amide bonds. The Balaban J connectivity index is 1.54. The number of ketones is 1. The van der Waals surface area contributed by atoms with Gasteiger partial charge >= 0.3 is 5.97 Å². The molecule has 2 aliphatic rings. The van der Waals surface area contributed by atoms with Gasteiger partial charge in [0.2, 0.25) is 5.69 Å². The standard InChI is InChI=1S/C49H60N2O14S3/c1-48(24-10-30-66(55,56)57)43(50(26-7-5-6-15-45(53)54)40-22-17-34-32-36(16-20-38(34)46(40)48)42(52)12-9-28-64-3)13-8-14-44-49(2,25-11-31-67(58,59)60)47-39-21-19-37(68(61,62)63)33-35(39)18-23-41(47)51(44)27-29-65-4/h8,13-14,16-23,32-33H,5-7,9-12,15,24-31H2,1-4H3,(H3-,53,54,55,56,57,58,59,60,61,62,63)/p-2. The molecule has 0 radical (unpaired) electrons. The van der Waals surface area contributed by atoms with Crippen LogP contribution in [0.2, 0.25) is 0 Å². The monoisotopic (exact) mass is 994 g/mol. The molecule has 0 aliphatic carbocycles. The Bertz CT molecular complexity index is 3020. The lowest BCUT2D eigenvalue weighted by Gasteiger charge is -2.31. The molecule has 0 aromatic heterocycles. The van der Waals surface area contributed by atoms with Gasteiger partial charge in [0.15, 0.2) is 11.5 Å². The number of carboxylic acids is 1. The molecule has 2 atom stereocenters. The van der Waals surface area contributed by atoms with Gasteiger partial charge in [0.05, 0.1) is 37.2 Å². The van der Waals surface area contributed by atoms with E-state index >= 15 is 0 Å². The number of anilines is 1. The van der Waals surface area contributed by atoms with Crippen molar-refractivity contribution in [2.24, 2.45) is 0 Å². The van der Waals surface area contributed by atoms with Crippen LogP contribution in [0.25, 0.3) is 21.5 Å². The second-order valence-corrected chi connectivity index (χ2v) is 22.3. The van der Waals surface area contributed by atoms with Crippen molar-refractivity contribution in [3.05, 3.63) is 101 Å². The van der Waals surface area contributed by atoms with Crippen LogP contribution in [0, 0.1) is 0 Å². The fraction of sp³-hybridized carbons (Fsp3) is 0.449. The molecule has 2 unspecified atom stereocenters. The molecule has 4 aromatic rings. The van der Waals surface area contributed by atoms with Crippen LogP contribution in [0.15, 0.2) is 89.5 Å². The van der Waals surface area contributed by atoms with Crippen molar-refractivity contribution in [2.75, 3.05) is 56.9 Å². The number of hydrogen-bond acceptors (Lipinski definition) is 14. The van der Waals surface area contributed by atoms with E-state index in [1.54, 1.807) is 38.5 Å². The minimum absolute atomic E-state index is 0.00877. The number of carboxylic acid groups (broad SMARTS) is 1. The number of hydrogen-bond donors (Lipinski definition) is 1. The highest BCUT2D eigenvalue weighted by atomic mass is 32.2. The zero-order valence-electron chi connectivity index (χ0n) is 38.7. The Morgan fingerprint density at radius 1 is 0.721 bits per heavy atom. The van der Waals surface area contributed by atoms with E-state index in [-0.39, 0.29) is 44.5 Å². The Kier molecular flexibility index (Phi) is 16.5. The summed E-state index contributed by atoms with van der Waals surface area (Å²) < 4.78 is 121. The maximum Gasteiger partial charge on any atom is 0.303 e. The molecule has 2 aliphatic heterocycles. The number of methoxy groups -OCH3 is 2. The first kappa shape index (κ1) is 52.5. The van der Waals surface area contributed by atoms with Crippen LogP contribution in [0.3, 0.4) is 0 Å². The maximum atomic E-state index is 13.2. The SMILES string of the molecule is COCCCC(=O)c1ccc2c3c(ccc2c1)[N+](CCCCCC(=O)O)=C(C=CC=C1N(CCOC)c2ccc4cc(S(=O)(=O)[O-])ccc4c2C1(C)CCCS(=O)(=O)[O-])C3(C)CCCS(=O)(=O)[O-]. The summed E-state index contributed by atoms with van der Waals surface area (Å²) in [4.78, 5) is 26.2. The minimum atomic E-state index is -4.79. The topological polar surface area (TPSA) is 251 Å². The van der Waals surface area contributed by atoms with Crippen molar-refractivity contribution in [2.45, 2.75) is 93.8 Å². The molecule has 0 spiro atoms. The Hall–Kier alpha value is -4.86. The number of fused-ring (bicyclic) bond motifs is 6. The Labute approximate surface area is 398 Å². The molecule has 68 heavy (non-hydrogen) atoms. The lowest BCUT2D eigenvalue weighted by molar-refractivity contribution is -0.438. The van der Waals surface area contributed by atoms with E-state index in [0.29, 0.717) is 73.8 Å². The smallest absolute Gasteiger partial charge is 0.303 e. The molecular weight excluding hydrogens is 937 g/mol. The van der Waals surface area contributed by atoms with Gasteiger partial charge in [-0.05, 0) is 122 Å². The van der Waals surface area contributed by atoms with Crippen LogP contribution in [-0.4, -0.2) is 118 Å². The molecule has 6 rings (SSSR count). The summed E-state index contributed by atoms with van der Waals surface area (Å²) in [6.07, 6.45) is 8.65. The third kappa shape index (κ3) is 11.9. The van der Waals surface area contributed by atoms with E-state index in [1.165, 1.54) is 12.1 Å². The van der Waals surface area contributed by atoms with Crippen molar-refractivity contribution in [1.29, 1.82) is 0 Å². The fourth-order valence-corrected chi connectivity index (χ4v) is 11.6. The highest BCUT2D eigenvalue weighted by Crippen LogP contribution is 2.54. The van der Waals surface area contributed by atoms with Crippen molar-refractivity contribution in [3.8, 4) is 0 Å². The summed E-state index contributed by atoms with van der Waals surface area (Å²) in [5.41, 5.74) is 3.30. The first-order chi connectivity index (χ1) is 32.0. The Morgan fingerprint density at radius 3 is 2.00 bits per heavy atom. The van der Waals surface area contributed by atoms with Gasteiger partial charge in [0.25, 0.3) is 0 Å². The van der Waals surface area contributed by atoms with Gasteiger partial charge in [0, 0.05) is 98.2 Å². The summed E-state index contributed by atoms with van der Waals surface area (Å²) in [5.74, 6) is -2.16. The zero-order chi connectivity index (χ0) is 49.7. The van der Waals surface area contributed by atoms with E-state index in [0.717, 1.165) is 39.0 Å². The summed E-state index contributed by atoms with van der Waals surface area (Å²) in [5, 5.41) is 12.0. The number of benzene rings is 4. The normalized spacial score (nSPS) is 19.2. The van der Waals surface area contributed by atoms with E-state index in [2.05, 4.69) is 4.58 Å². The van der Waals surface area contributed by atoms with Gasteiger partial charge in [0.1, 0.15) is 16.7 Å². The molecule has 2 heterocycles. The van der Waals surface area contributed by atoms with Crippen molar-refractivity contribution in [3.63, 3.8) is 0 Å². The summed E-state index contributed by atoms with van der Waals surface area (Å²) in [6, 6.07) is 17.0. The van der Waals surface area contributed by atoms with Crippen LogP contribution >= 0.6 is 0 Å². The molecule has 0 bridgehead atoms. The number of nitrogens with zero attached hydrogens (tertiary/aromatic N) is 2. The van der Waals surface area contributed by atoms with Crippen molar-refractivity contribution < 1.29 is 67.7 Å². The first-order valence-corrected chi connectivity index (χ1v) is 27.1. The number of carbonyl (C=O) groups excluding carboxylic acids is 1. The average molecular weight is 995 g/mol. The van der Waals surface area contributed by atoms with Crippen molar-refractivity contribution >= 4 is 80.7 Å². The highest BCUT2D eigenvalue weighted by Gasteiger charge is 2.49. The number of rotatable bonds is 25. The molecule has 0 saturated carbocycles. The summed E-state index contributed by atoms with van der Waals surface area (Å²) in [6.45, 7) is 5.43. The molecule has 0 saturated heterocycles. The molecule has 4 aromatic carbocycles. The van der Waals surface area contributed by atoms with Crippen molar-refractivity contribution in [1.82, 2.24) is 0 Å². The van der Waals surface area contributed by atoms with Gasteiger partial charge in [-0.1, -0.05) is 30.3 Å². The number of carbonyl (C=O) groups is 2. The minimum Gasteiger partial charge on any atom is -0.748 e. The summed E-state index contributed by atoms with van der Waals surface area (Å²) in [7, 11) is -10.8. The molecule has 368 valence electrons. The van der Waals surface area contributed by atoms with E-state index in [1.807, 2.05) is 61.2 Å². The average Bonchev–Trinajstić information content (AvgIpc) is 3.64. The van der Waals surface area contributed by atoms with E-state index in [9.17, 15) is 53.6 Å². The van der Waals surface area contributed by atoms with Gasteiger partial charge in [-0.15, -0.1) is 0 Å². The van der Waals surface area contributed by atoms with Crippen LogP contribution in [0.4, 0.5) is 11.4 Å². The zero-order valence-corrected chi connectivity index (χ0v) is 41.1. The molecule has 1 N–H and O–H groups in total. The third-order valence-corrected chi connectivity index (χ3v) is 15.6. The second-order valence-electron chi connectivity index (χ2n) is 17.9. The van der Waals surface area contributed by atoms with E-state index < -0.39 is 63.6 Å². The van der Waals surface area contributed by atoms with Crippen LogP contribution in [0.5, 0.6) is 0 Å². The van der Waals surface area contributed by atoms with Gasteiger partial charge < -0.3 is 33.1 Å².